The van der Waals surface area contributed by atoms with Crippen molar-refractivity contribution in [1.29, 1.82) is 0 Å². The number of halogens is 1. The van der Waals surface area contributed by atoms with E-state index in [2.05, 4.69) is 4.98 Å². The smallest absolute Gasteiger partial charge is 0.297 e. The van der Waals surface area contributed by atoms with E-state index in [1.54, 1.807) is 0 Å². The van der Waals surface area contributed by atoms with Crippen molar-refractivity contribution in [3.63, 3.8) is 0 Å². The van der Waals surface area contributed by atoms with Crippen LogP contribution < -0.4 is 11.2 Å². The first-order chi connectivity index (χ1) is 8.06. The van der Waals surface area contributed by atoms with Gasteiger partial charge in [0.1, 0.15) is 5.15 Å². The second-order valence-electron chi connectivity index (χ2n) is 4.73. The van der Waals surface area contributed by atoms with Gasteiger partial charge in [0.05, 0.1) is 5.56 Å². The molecule has 0 amide bonds. The van der Waals surface area contributed by atoms with Gasteiger partial charge in [-0.25, -0.2) is 4.79 Å². The highest BCUT2D eigenvalue weighted by Gasteiger charge is 2.31. The summed E-state index contributed by atoms with van der Waals surface area (Å²) in [4.78, 5) is 26.6. The average molecular weight is 257 g/mol. The number of rotatable bonds is 4. The molecule has 1 aliphatic carbocycles. The summed E-state index contributed by atoms with van der Waals surface area (Å²) in [6.07, 6.45) is 3.63. The molecule has 1 aliphatic rings. The van der Waals surface area contributed by atoms with Gasteiger partial charge in [0.2, 0.25) is 0 Å². The molecule has 1 N–H and O–H groups in total. The van der Waals surface area contributed by atoms with Gasteiger partial charge >= 0.3 is 5.69 Å². The SMILES string of the molecule is CCCc1c(Cl)[nH]c(=O)n(C(C)C2CC2)c1=O. The summed E-state index contributed by atoms with van der Waals surface area (Å²) in [6.45, 7) is 3.91. The number of nitrogens with zero attached hydrogens (tertiary/aromatic N) is 1. The van der Waals surface area contributed by atoms with Crippen LogP contribution in [0.4, 0.5) is 0 Å². The third kappa shape index (κ3) is 2.32. The average Bonchev–Trinajstić information content (AvgIpc) is 3.07. The van der Waals surface area contributed by atoms with Crippen molar-refractivity contribution in [2.75, 3.05) is 0 Å². The van der Waals surface area contributed by atoms with Crippen molar-refractivity contribution in [3.8, 4) is 0 Å². The van der Waals surface area contributed by atoms with E-state index in [-0.39, 0.29) is 22.4 Å². The summed E-state index contributed by atoms with van der Waals surface area (Å²) in [7, 11) is 0. The molecule has 0 aromatic carbocycles. The molecular weight excluding hydrogens is 240 g/mol. The molecule has 1 heterocycles. The number of hydrogen-bond acceptors (Lipinski definition) is 2. The lowest BCUT2D eigenvalue weighted by atomic mass is 10.1. The first kappa shape index (κ1) is 12.4. The van der Waals surface area contributed by atoms with Crippen molar-refractivity contribution in [2.24, 2.45) is 5.92 Å². The monoisotopic (exact) mass is 256 g/mol. The Morgan fingerprint density at radius 3 is 2.65 bits per heavy atom. The van der Waals surface area contributed by atoms with Crippen molar-refractivity contribution >= 4 is 11.6 Å². The Bertz CT molecular complexity index is 528. The van der Waals surface area contributed by atoms with Gasteiger partial charge in [-0.1, -0.05) is 24.9 Å². The van der Waals surface area contributed by atoms with Crippen LogP contribution in [-0.2, 0) is 6.42 Å². The fourth-order valence-corrected chi connectivity index (χ4v) is 2.44. The summed E-state index contributed by atoms with van der Waals surface area (Å²) < 4.78 is 1.33. The normalized spacial score (nSPS) is 17.1. The molecule has 94 valence electrons. The molecule has 4 nitrogen and oxygen atoms in total. The molecule has 1 saturated carbocycles. The largest absolute Gasteiger partial charge is 0.329 e. The van der Waals surface area contributed by atoms with Gasteiger partial charge in [0.25, 0.3) is 5.56 Å². The van der Waals surface area contributed by atoms with Gasteiger partial charge in [-0.15, -0.1) is 0 Å². The van der Waals surface area contributed by atoms with Crippen molar-refractivity contribution < 1.29 is 0 Å². The molecule has 1 unspecified atom stereocenters. The Hall–Kier alpha value is -1.03. The van der Waals surface area contributed by atoms with Gasteiger partial charge in [0.15, 0.2) is 0 Å². The minimum atomic E-state index is -0.390. The predicted octanol–water partition coefficient (Wildman–Crippen LogP) is 2.11. The summed E-state index contributed by atoms with van der Waals surface area (Å²) >= 11 is 5.92. The van der Waals surface area contributed by atoms with E-state index in [4.69, 9.17) is 11.6 Å². The lowest BCUT2D eigenvalue weighted by molar-refractivity contribution is 0.447. The molecule has 0 bridgehead atoms. The van der Waals surface area contributed by atoms with Crippen LogP contribution in [0.25, 0.3) is 0 Å². The summed E-state index contributed by atoms with van der Waals surface area (Å²) in [6, 6.07) is -0.0286. The summed E-state index contributed by atoms with van der Waals surface area (Å²) in [5, 5.41) is 0.195. The second kappa shape index (κ2) is 4.69. The number of aromatic nitrogens is 2. The van der Waals surface area contributed by atoms with Gasteiger partial charge in [-0.3, -0.25) is 14.3 Å². The molecule has 0 radical (unpaired) electrons. The van der Waals surface area contributed by atoms with Crippen LogP contribution in [-0.4, -0.2) is 9.55 Å². The van der Waals surface area contributed by atoms with Gasteiger partial charge in [-0.05, 0) is 32.1 Å². The van der Waals surface area contributed by atoms with E-state index in [9.17, 15) is 9.59 Å². The van der Waals surface area contributed by atoms with Crippen molar-refractivity contribution in [3.05, 3.63) is 31.6 Å². The van der Waals surface area contributed by atoms with Crippen molar-refractivity contribution in [2.45, 2.75) is 45.6 Å². The van der Waals surface area contributed by atoms with E-state index in [0.717, 1.165) is 19.3 Å². The Kier molecular flexibility index (Phi) is 3.43. The first-order valence-corrected chi connectivity index (χ1v) is 6.47. The first-order valence-electron chi connectivity index (χ1n) is 6.09. The van der Waals surface area contributed by atoms with E-state index in [1.807, 2.05) is 13.8 Å². The molecule has 1 aromatic heterocycles. The predicted molar refractivity (Wildman–Crippen MR) is 67.8 cm³/mol. The zero-order valence-electron chi connectivity index (χ0n) is 10.1. The standard InChI is InChI=1S/C12H17ClN2O2/c1-3-4-9-10(13)14-12(17)15(11(9)16)7(2)8-5-6-8/h7-8H,3-6H2,1-2H3,(H,14,17). The van der Waals surface area contributed by atoms with Crippen LogP contribution in [0.1, 0.15) is 44.7 Å². The minimum absolute atomic E-state index is 0.0286. The van der Waals surface area contributed by atoms with E-state index in [1.165, 1.54) is 4.57 Å². The zero-order valence-corrected chi connectivity index (χ0v) is 10.9. The molecule has 0 saturated heterocycles. The molecule has 1 fully saturated rings. The van der Waals surface area contributed by atoms with Crippen LogP contribution in [0, 0.1) is 5.92 Å². The molecule has 0 aliphatic heterocycles. The Morgan fingerprint density at radius 1 is 1.47 bits per heavy atom. The highest BCUT2D eigenvalue weighted by Crippen LogP contribution is 2.38. The van der Waals surface area contributed by atoms with Crippen LogP contribution in [0.15, 0.2) is 9.59 Å². The zero-order chi connectivity index (χ0) is 12.6. The maximum atomic E-state index is 12.2. The van der Waals surface area contributed by atoms with Crippen LogP contribution in [0.2, 0.25) is 5.15 Å². The Morgan fingerprint density at radius 2 is 2.12 bits per heavy atom. The fourth-order valence-electron chi connectivity index (χ4n) is 2.19. The Labute approximate surface area is 105 Å². The third-order valence-electron chi connectivity index (χ3n) is 3.39. The van der Waals surface area contributed by atoms with Crippen LogP contribution in [0.3, 0.4) is 0 Å². The topological polar surface area (TPSA) is 54.9 Å². The number of nitrogens with one attached hydrogen (secondary N) is 1. The maximum Gasteiger partial charge on any atom is 0.329 e. The highest BCUT2D eigenvalue weighted by atomic mass is 35.5. The molecule has 5 heteroatoms. The van der Waals surface area contributed by atoms with E-state index < -0.39 is 0 Å². The minimum Gasteiger partial charge on any atom is -0.297 e. The van der Waals surface area contributed by atoms with Crippen molar-refractivity contribution in [1.82, 2.24) is 9.55 Å². The third-order valence-corrected chi connectivity index (χ3v) is 3.71. The number of hydrogen-bond donors (Lipinski definition) is 1. The molecule has 0 spiro atoms. The molecule has 1 aromatic rings. The maximum absolute atomic E-state index is 12.2. The highest BCUT2D eigenvalue weighted by molar-refractivity contribution is 6.30. The quantitative estimate of drug-likeness (QED) is 0.839. The van der Waals surface area contributed by atoms with E-state index >= 15 is 0 Å². The van der Waals surface area contributed by atoms with Gasteiger partial charge < -0.3 is 0 Å². The number of H-pyrrole nitrogens is 1. The lowest BCUT2D eigenvalue weighted by Gasteiger charge is -2.14. The van der Waals surface area contributed by atoms with Crippen LogP contribution >= 0.6 is 11.6 Å². The second-order valence-corrected chi connectivity index (χ2v) is 5.10. The lowest BCUT2D eigenvalue weighted by Crippen LogP contribution is -2.40. The van der Waals surface area contributed by atoms with Gasteiger partial charge in [-0.2, -0.15) is 0 Å². The molecule has 2 rings (SSSR count). The van der Waals surface area contributed by atoms with E-state index in [0.29, 0.717) is 17.9 Å². The Balaban J connectivity index is 2.54. The van der Waals surface area contributed by atoms with Gasteiger partial charge in [0, 0.05) is 6.04 Å². The molecule has 17 heavy (non-hydrogen) atoms. The molecule has 1 atom stereocenters. The molecular formula is C12H17ClN2O2. The fraction of sp³-hybridized carbons (Fsp3) is 0.667. The van der Waals surface area contributed by atoms with Crippen LogP contribution in [0.5, 0.6) is 0 Å². The number of aromatic amines is 1. The summed E-state index contributed by atoms with van der Waals surface area (Å²) in [5.41, 5.74) is -0.0829. The summed E-state index contributed by atoms with van der Waals surface area (Å²) in [5.74, 6) is 0.462.